The van der Waals surface area contributed by atoms with Gasteiger partial charge in [-0.05, 0) is 32.0 Å². The van der Waals surface area contributed by atoms with Gasteiger partial charge in [0.05, 0.1) is 19.8 Å². The molecule has 6 heteroatoms. The monoisotopic (exact) mass is 378 g/mol. The summed E-state index contributed by atoms with van der Waals surface area (Å²) in [5.74, 6) is 0.823. The molecule has 1 aromatic carbocycles. The van der Waals surface area contributed by atoms with Crippen molar-refractivity contribution in [2.24, 2.45) is 4.99 Å². The van der Waals surface area contributed by atoms with Gasteiger partial charge in [0.2, 0.25) is 0 Å². The number of rotatable bonds is 15. The fraction of sp³-hybridized carbons (Fsp3) is 0.667. The highest BCUT2D eigenvalue weighted by Gasteiger charge is 2.01. The number of hydrogen-bond donors (Lipinski definition) is 2. The Labute approximate surface area is 165 Å². The van der Waals surface area contributed by atoms with E-state index in [9.17, 15) is 0 Å². The van der Waals surface area contributed by atoms with Crippen molar-refractivity contribution in [1.82, 2.24) is 15.5 Å². The van der Waals surface area contributed by atoms with Crippen molar-refractivity contribution < 1.29 is 9.47 Å². The van der Waals surface area contributed by atoms with Crippen molar-refractivity contribution in [2.45, 2.75) is 32.7 Å². The van der Waals surface area contributed by atoms with E-state index in [1.54, 1.807) is 7.05 Å². The zero-order chi connectivity index (χ0) is 19.6. The van der Waals surface area contributed by atoms with E-state index in [1.165, 1.54) is 12.0 Å². The molecule has 0 bridgehead atoms. The zero-order valence-corrected chi connectivity index (χ0v) is 17.4. The predicted molar refractivity (Wildman–Crippen MR) is 113 cm³/mol. The summed E-state index contributed by atoms with van der Waals surface area (Å²) >= 11 is 0. The number of nitrogens with one attached hydrogen (secondary N) is 2. The van der Waals surface area contributed by atoms with Crippen LogP contribution in [0.5, 0.6) is 0 Å². The van der Waals surface area contributed by atoms with Gasteiger partial charge < -0.3 is 25.0 Å². The van der Waals surface area contributed by atoms with Crippen LogP contribution in [-0.4, -0.2) is 71.0 Å². The molecule has 0 atom stereocenters. The van der Waals surface area contributed by atoms with Crippen molar-refractivity contribution in [3.05, 3.63) is 35.9 Å². The Morgan fingerprint density at radius 1 is 0.963 bits per heavy atom. The van der Waals surface area contributed by atoms with Gasteiger partial charge in [-0.3, -0.25) is 4.99 Å². The second kappa shape index (κ2) is 16.5. The fourth-order valence-electron chi connectivity index (χ4n) is 2.56. The summed E-state index contributed by atoms with van der Waals surface area (Å²) in [6.45, 7) is 8.61. The number of aliphatic imine (C=N–C) groups is 1. The molecule has 0 aromatic heterocycles. The van der Waals surface area contributed by atoms with Gasteiger partial charge in [0.1, 0.15) is 0 Å². The van der Waals surface area contributed by atoms with Crippen LogP contribution in [0.1, 0.15) is 31.7 Å². The van der Waals surface area contributed by atoms with Crippen molar-refractivity contribution in [3.63, 3.8) is 0 Å². The predicted octanol–water partition coefficient (Wildman–Crippen LogP) is 2.51. The summed E-state index contributed by atoms with van der Waals surface area (Å²) in [6.07, 6.45) is 3.35. The molecule has 0 aliphatic carbocycles. The van der Waals surface area contributed by atoms with E-state index in [0.717, 1.165) is 51.6 Å². The Bertz CT molecular complexity index is 482. The molecule has 2 N–H and O–H groups in total. The number of unbranched alkanes of at least 4 members (excludes halogenated alkanes) is 1. The molecule has 0 aliphatic rings. The van der Waals surface area contributed by atoms with Crippen LogP contribution >= 0.6 is 0 Å². The van der Waals surface area contributed by atoms with E-state index in [-0.39, 0.29) is 0 Å². The van der Waals surface area contributed by atoms with Crippen LogP contribution in [0.4, 0.5) is 0 Å². The first kappa shape index (κ1) is 23.4. The number of nitrogens with zero attached hydrogens (tertiary/aromatic N) is 2. The highest BCUT2D eigenvalue weighted by atomic mass is 16.5. The Morgan fingerprint density at radius 3 is 2.37 bits per heavy atom. The van der Waals surface area contributed by atoms with E-state index in [4.69, 9.17) is 9.47 Å². The van der Waals surface area contributed by atoms with Crippen LogP contribution in [0.3, 0.4) is 0 Å². The van der Waals surface area contributed by atoms with E-state index < -0.39 is 0 Å². The summed E-state index contributed by atoms with van der Waals surface area (Å²) in [5.41, 5.74) is 1.35. The molecule has 27 heavy (non-hydrogen) atoms. The molecule has 0 amide bonds. The lowest BCUT2D eigenvalue weighted by atomic mass is 10.2. The molecule has 0 fully saturated rings. The number of hydrogen-bond acceptors (Lipinski definition) is 4. The SMILES string of the molecule is CCCCOCCOCCNC(=NC)NCCCN(C)Cc1ccccc1. The lowest BCUT2D eigenvalue weighted by Gasteiger charge is -2.17. The third-order valence-corrected chi connectivity index (χ3v) is 4.08. The van der Waals surface area contributed by atoms with Crippen molar-refractivity contribution in [3.8, 4) is 0 Å². The normalized spacial score (nSPS) is 11.8. The van der Waals surface area contributed by atoms with Crippen LogP contribution in [-0.2, 0) is 16.0 Å². The van der Waals surface area contributed by atoms with Crippen LogP contribution in [0.2, 0.25) is 0 Å². The minimum atomic E-state index is 0.644. The van der Waals surface area contributed by atoms with Gasteiger partial charge in [-0.1, -0.05) is 43.7 Å². The summed E-state index contributed by atoms with van der Waals surface area (Å²) in [5, 5.41) is 6.61. The first-order valence-electron chi connectivity index (χ1n) is 10.1. The van der Waals surface area contributed by atoms with Crippen LogP contribution < -0.4 is 10.6 Å². The first-order chi connectivity index (χ1) is 13.3. The number of guanidine groups is 1. The average molecular weight is 379 g/mol. The summed E-state index contributed by atoms with van der Waals surface area (Å²) < 4.78 is 11.0. The maximum atomic E-state index is 5.55. The molecule has 0 spiro atoms. The second-order valence-electron chi connectivity index (χ2n) is 6.58. The van der Waals surface area contributed by atoms with Crippen molar-refractivity contribution in [2.75, 3.05) is 60.2 Å². The topological polar surface area (TPSA) is 58.1 Å². The molecule has 0 radical (unpaired) electrons. The quantitative estimate of drug-likeness (QED) is 0.279. The smallest absolute Gasteiger partial charge is 0.191 e. The lowest BCUT2D eigenvalue weighted by molar-refractivity contribution is 0.0487. The van der Waals surface area contributed by atoms with E-state index >= 15 is 0 Å². The molecule has 0 saturated carbocycles. The largest absolute Gasteiger partial charge is 0.379 e. The Kier molecular flexibility index (Phi) is 14.3. The average Bonchev–Trinajstić information content (AvgIpc) is 2.69. The minimum absolute atomic E-state index is 0.644. The Balaban J connectivity index is 1.98. The second-order valence-corrected chi connectivity index (χ2v) is 6.58. The standard InChI is InChI=1S/C21H38N4O2/c1-4-5-15-26-17-18-27-16-13-24-21(22-2)23-12-9-14-25(3)19-20-10-7-6-8-11-20/h6-8,10-11H,4-5,9,12-19H2,1-3H3,(H2,22,23,24). The lowest BCUT2D eigenvalue weighted by Crippen LogP contribution is -2.40. The van der Waals surface area contributed by atoms with Gasteiger partial charge in [-0.25, -0.2) is 0 Å². The molecule has 0 unspecified atom stereocenters. The molecule has 0 saturated heterocycles. The van der Waals surface area contributed by atoms with Crippen LogP contribution in [0.25, 0.3) is 0 Å². The maximum Gasteiger partial charge on any atom is 0.191 e. The van der Waals surface area contributed by atoms with Crippen LogP contribution in [0, 0.1) is 0 Å². The summed E-state index contributed by atoms with van der Waals surface area (Å²) in [4.78, 5) is 6.58. The maximum absolute atomic E-state index is 5.55. The van der Waals surface area contributed by atoms with Crippen LogP contribution in [0.15, 0.2) is 35.3 Å². The van der Waals surface area contributed by atoms with Gasteiger partial charge in [0.25, 0.3) is 0 Å². The third kappa shape index (κ3) is 13.2. The van der Waals surface area contributed by atoms with Crippen molar-refractivity contribution in [1.29, 1.82) is 0 Å². The van der Waals surface area contributed by atoms with Gasteiger partial charge >= 0.3 is 0 Å². The number of benzene rings is 1. The summed E-state index contributed by atoms with van der Waals surface area (Å²) in [6, 6.07) is 10.6. The van der Waals surface area contributed by atoms with Gasteiger partial charge in [-0.15, -0.1) is 0 Å². The van der Waals surface area contributed by atoms with Gasteiger partial charge in [0.15, 0.2) is 5.96 Å². The molecular weight excluding hydrogens is 340 g/mol. The summed E-state index contributed by atoms with van der Waals surface area (Å²) in [7, 11) is 3.95. The van der Waals surface area contributed by atoms with Gasteiger partial charge in [0, 0.05) is 33.3 Å². The molecule has 1 aromatic rings. The van der Waals surface area contributed by atoms with Gasteiger partial charge in [-0.2, -0.15) is 0 Å². The minimum Gasteiger partial charge on any atom is -0.379 e. The third-order valence-electron chi connectivity index (χ3n) is 4.08. The van der Waals surface area contributed by atoms with Crippen molar-refractivity contribution >= 4 is 5.96 Å². The molecule has 6 nitrogen and oxygen atoms in total. The highest BCUT2D eigenvalue weighted by Crippen LogP contribution is 2.02. The Hall–Kier alpha value is -1.63. The fourth-order valence-corrected chi connectivity index (χ4v) is 2.56. The number of ether oxygens (including phenoxy) is 2. The highest BCUT2D eigenvalue weighted by molar-refractivity contribution is 5.79. The zero-order valence-electron chi connectivity index (χ0n) is 17.4. The van der Waals surface area contributed by atoms with E-state index in [0.29, 0.717) is 19.8 Å². The molecule has 0 aliphatic heterocycles. The Morgan fingerprint density at radius 2 is 1.67 bits per heavy atom. The molecule has 154 valence electrons. The molecule has 1 rings (SSSR count). The first-order valence-corrected chi connectivity index (χ1v) is 10.1. The molecule has 0 heterocycles. The van der Waals surface area contributed by atoms with E-state index in [1.807, 2.05) is 0 Å². The van der Waals surface area contributed by atoms with E-state index in [2.05, 4.69) is 64.8 Å². The molecular formula is C21H38N4O2.